The van der Waals surface area contributed by atoms with E-state index in [-0.39, 0.29) is 21.9 Å². The highest BCUT2D eigenvalue weighted by Crippen LogP contribution is 2.41. The highest BCUT2D eigenvalue weighted by molar-refractivity contribution is 6.34. The summed E-state index contributed by atoms with van der Waals surface area (Å²) in [5.74, 6) is 0.221. The monoisotopic (exact) mass is 563 g/mol. The number of pyridine rings is 1. The van der Waals surface area contributed by atoms with Gasteiger partial charge in [0.05, 0.1) is 10.7 Å². The minimum Gasteiger partial charge on any atom is -0.507 e. The number of nitrogens with zero attached hydrogens (tertiary/aromatic N) is 5. The van der Waals surface area contributed by atoms with Crippen LogP contribution in [0.1, 0.15) is 27.2 Å². The van der Waals surface area contributed by atoms with Crippen molar-refractivity contribution in [3.8, 4) is 40.1 Å². The molecule has 2 heterocycles. The molecule has 9 heteroatoms. The standard InChI is InChI=1S/C31H35ClFN5O2/c1-31(2,3)38-12-6-11-36(15-16-38)29-18-23(9-10-34-29)26-20-24(33)19-25(30(26)40)22-7-8-28(27(32)17-22)37(21-39)14-13-35(4)5/h7-10,17-21,40H,6,11-12,15-16H2,1-5H3. The fraction of sp³-hybridized carbons (Fsp3) is 0.355. The Balaban J connectivity index is 1.66. The molecule has 0 radical (unpaired) electrons. The summed E-state index contributed by atoms with van der Waals surface area (Å²) in [6.45, 7) is 10.3. The Morgan fingerprint density at radius 3 is 2.33 bits per heavy atom. The van der Waals surface area contributed by atoms with Gasteiger partial charge in [0.1, 0.15) is 17.4 Å². The summed E-state index contributed by atoms with van der Waals surface area (Å²) in [5.41, 5.74) is 2.29. The van der Waals surface area contributed by atoms with Crippen LogP contribution < -0.4 is 9.80 Å². The van der Waals surface area contributed by atoms with Crippen LogP contribution >= 0.6 is 11.6 Å². The lowest BCUT2D eigenvalue weighted by Gasteiger charge is -2.34. The number of amides is 1. The number of phenols is 1. The molecule has 1 amide bonds. The van der Waals surface area contributed by atoms with Gasteiger partial charge in [-0.2, -0.15) is 0 Å². The smallest absolute Gasteiger partial charge is 0.226 e. The molecule has 7 nitrogen and oxygen atoms in total. The molecule has 1 aliphatic rings. The highest BCUT2D eigenvalue weighted by atomic mass is 35.5. The summed E-state index contributed by atoms with van der Waals surface area (Å²) < 4.78 is 14.9. The molecule has 1 N–H and O–H groups in total. The summed E-state index contributed by atoms with van der Waals surface area (Å²) in [6, 6.07) is 16.6. The lowest BCUT2D eigenvalue weighted by molar-refractivity contribution is -0.106. The maximum atomic E-state index is 14.9. The molecule has 1 aromatic heterocycles. The van der Waals surface area contributed by atoms with Gasteiger partial charge in [-0.1, -0.05) is 17.7 Å². The number of phenolic OH excluding ortho intramolecular Hbond substituents is 1. The van der Waals surface area contributed by atoms with Crippen molar-refractivity contribution in [2.45, 2.75) is 32.7 Å². The first kappa shape index (κ1) is 29.2. The van der Waals surface area contributed by atoms with E-state index in [4.69, 9.17) is 11.6 Å². The third-order valence-corrected chi connectivity index (χ3v) is 7.22. The molecule has 1 aliphatic heterocycles. The number of carbonyl (C=O) groups excluding carboxylic acids is 1. The van der Waals surface area contributed by atoms with E-state index in [0.29, 0.717) is 28.8 Å². The van der Waals surface area contributed by atoms with Crippen LogP contribution in [0.2, 0.25) is 5.02 Å². The average Bonchev–Trinajstić information content (AvgIpc) is 3.18. The average molecular weight is 564 g/mol. The molecule has 0 unspecified atom stereocenters. The van der Waals surface area contributed by atoms with Gasteiger partial charge in [0.25, 0.3) is 0 Å². The molecular weight excluding hydrogens is 529 g/mol. The van der Waals surface area contributed by atoms with Crippen LogP contribution in [0.15, 0.2) is 48.7 Å². The summed E-state index contributed by atoms with van der Waals surface area (Å²) >= 11 is 6.50. The summed E-state index contributed by atoms with van der Waals surface area (Å²) in [6.07, 6.45) is 3.27. The van der Waals surface area contributed by atoms with Gasteiger partial charge in [0, 0.05) is 75.2 Å². The van der Waals surface area contributed by atoms with E-state index >= 15 is 0 Å². The van der Waals surface area contributed by atoms with E-state index in [2.05, 4.69) is 47.6 Å². The maximum absolute atomic E-state index is 14.9. The van der Waals surface area contributed by atoms with Gasteiger partial charge < -0.3 is 14.9 Å². The van der Waals surface area contributed by atoms with Gasteiger partial charge >= 0.3 is 0 Å². The fourth-order valence-electron chi connectivity index (χ4n) is 4.78. The molecular formula is C31H35ClFN5O2. The largest absolute Gasteiger partial charge is 0.507 e. The Hall–Kier alpha value is -3.80. The van der Waals surface area contributed by atoms with Gasteiger partial charge in [-0.15, -0.1) is 0 Å². The zero-order valence-electron chi connectivity index (χ0n) is 23.6. The minimum atomic E-state index is -0.497. The molecule has 210 valence electrons. The molecule has 0 saturated carbocycles. The maximum Gasteiger partial charge on any atom is 0.226 e. The number of halogens is 2. The van der Waals surface area contributed by atoms with E-state index in [0.717, 1.165) is 38.4 Å². The second-order valence-electron chi connectivity index (χ2n) is 11.0. The Morgan fingerprint density at radius 1 is 1.00 bits per heavy atom. The van der Waals surface area contributed by atoms with Crippen LogP contribution in [0.5, 0.6) is 5.75 Å². The lowest BCUT2D eigenvalue weighted by atomic mass is 9.97. The van der Waals surface area contributed by atoms with E-state index in [1.165, 1.54) is 17.0 Å². The Morgan fingerprint density at radius 2 is 1.70 bits per heavy atom. The number of hydrogen-bond donors (Lipinski definition) is 1. The van der Waals surface area contributed by atoms with Gasteiger partial charge in [-0.3, -0.25) is 9.69 Å². The van der Waals surface area contributed by atoms with Crippen molar-refractivity contribution >= 4 is 29.5 Å². The number of carbonyl (C=O) groups is 1. The van der Waals surface area contributed by atoms with Crippen LogP contribution in [0.3, 0.4) is 0 Å². The van der Waals surface area contributed by atoms with E-state index < -0.39 is 5.82 Å². The van der Waals surface area contributed by atoms with Crippen LogP contribution in [0.25, 0.3) is 22.3 Å². The zero-order valence-corrected chi connectivity index (χ0v) is 24.3. The number of benzene rings is 2. The number of rotatable bonds is 5. The van der Waals surface area contributed by atoms with Crippen molar-refractivity contribution in [3.05, 3.63) is 59.5 Å². The number of aromatic nitrogens is 1. The quantitative estimate of drug-likeness (QED) is 0.245. The summed E-state index contributed by atoms with van der Waals surface area (Å²) in [7, 11) is 3.51. The predicted octanol–water partition coefficient (Wildman–Crippen LogP) is 5.67. The third-order valence-electron chi connectivity index (χ3n) is 6.92. The van der Waals surface area contributed by atoms with Gasteiger partial charge in [-0.25, -0.2) is 14.3 Å². The topological polar surface area (TPSA) is 63.2 Å². The van der Waals surface area contributed by atoms with Crippen molar-refractivity contribution < 1.29 is 14.3 Å². The zero-order chi connectivity index (χ0) is 29.0. The molecule has 1 saturated heterocycles. The molecule has 0 atom stereocenters. The van der Waals surface area contributed by atoms with Crippen molar-refractivity contribution in [1.29, 1.82) is 0 Å². The summed E-state index contributed by atoms with van der Waals surface area (Å²) in [5, 5.41) is 11.5. The number of hydrogen-bond acceptors (Lipinski definition) is 6. The first-order valence-electron chi connectivity index (χ1n) is 13.2. The van der Waals surface area contributed by atoms with Gasteiger partial charge in [0.15, 0.2) is 0 Å². The SMILES string of the molecule is CN(C)C#CN(C=O)c1ccc(-c2cc(F)cc(-c3ccnc(N4CCCN(C(C)(C)C)CC4)c3)c2O)cc1Cl. The van der Waals surface area contributed by atoms with Crippen molar-refractivity contribution in [2.24, 2.45) is 0 Å². The second-order valence-corrected chi connectivity index (χ2v) is 11.4. The number of anilines is 2. The molecule has 40 heavy (non-hydrogen) atoms. The summed E-state index contributed by atoms with van der Waals surface area (Å²) in [4.78, 5) is 23.7. The van der Waals surface area contributed by atoms with Crippen molar-refractivity contribution in [3.63, 3.8) is 0 Å². The van der Waals surface area contributed by atoms with Gasteiger partial charge in [-0.05, 0) is 74.7 Å². The van der Waals surface area contributed by atoms with Crippen LogP contribution in [0, 0.1) is 17.9 Å². The highest BCUT2D eigenvalue weighted by Gasteiger charge is 2.25. The van der Waals surface area contributed by atoms with Crippen molar-refractivity contribution in [1.82, 2.24) is 14.8 Å². The third kappa shape index (κ3) is 6.67. The van der Waals surface area contributed by atoms with Gasteiger partial charge in [0.2, 0.25) is 6.41 Å². The Kier molecular flexibility index (Phi) is 8.87. The van der Waals surface area contributed by atoms with Crippen LogP contribution in [-0.4, -0.2) is 72.1 Å². The minimum absolute atomic E-state index is 0.0724. The molecule has 3 aromatic rings. The van der Waals surface area contributed by atoms with E-state index in [1.807, 2.05) is 6.07 Å². The molecule has 2 aromatic carbocycles. The predicted molar refractivity (Wildman–Crippen MR) is 160 cm³/mol. The first-order chi connectivity index (χ1) is 19.0. The van der Waals surface area contributed by atoms with E-state index in [9.17, 15) is 14.3 Å². The fourth-order valence-corrected chi connectivity index (χ4v) is 5.05. The van der Waals surface area contributed by atoms with Crippen molar-refractivity contribution in [2.75, 3.05) is 50.1 Å². The molecule has 0 spiro atoms. The number of aromatic hydroxyl groups is 1. The second kappa shape index (κ2) is 12.2. The van der Waals surface area contributed by atoms with Crippen LogP contribution in [0.4, 0.5) is 15.9 Å². The normalized spacial score (nSPS) is 14.2. The Labute approximate surface area is 240 Å². The van der Waals surface area contributed by atoms with Crippen LogP contribution in [-0.2, 0) is 4.79 Å². The molecule has 1 fully saturated rings. The molecule has 4 rings (SSSR count). The Bertz CT molecular complexity index is 1440. The lowest BCUT2D eigenvalue weighted by Crippen LogP contribution is -2.43. The molecule has 0 bridgehead atoms. The molecule has 0 aliphatic carbocycles. The van der Waals surface area contributed by atoms with E-state index in [1.54, 1.807) is 49.5 Å². The first-order valence-corrected chi connectivity index (χ1v) is 13.6.